The van der Waals surface area contributed by atoms with Crippen LogP contribution in [0, 0.1) is 11.3 Å². The van der Waals surface area contributed by atoms with Crippen LogP contribution in [0.4, 0.5) is 0 Å². The van der Waals surface area contributed by atoms with Gasteiger partial charge in [-0.1, -0.05) is 0 Å². The minimum absolute atomic E-state index is 0.305. The van der Waals surface area contributed by atoms with Crippen molar-refractivity contribution < 1.29 is 9.47 Å². The maximum absolute atomic E-state index is 8.72. The van der Waals surface area contributed by atoms with E-state index in [-0.39, 0.29) is 0 Å². The summed E-state index contributed by atoms with van der Waals surface area (Å²) in [4.78, 5) is 0. The molecule has 0 radical (unpaired) electrons. The Balaban J connectivity index is 1.90. The third-order valence-corrected chi connectivity index (χ3v) is 2.82. The molecule has 0 bridgehead atoms. The molecular weight excluding hydrogens is 204 g/mol. The van der Waals surface area contributed by atoms with E-state index in [0.29, 0.717) is 12.7 Å². The number of rotatable bonds is 7. The van der Waals surface area contributed by atoms with Gasteiger partial charge < -0.3 is 15.2 Å². The van der Waals surface area contributed by atoms with Crippen LogP contribution < -0.4 is 5.73 Å². The molecule has 92 valence electrons. The molecule has 0 aromatic rings. The zero-order valence-corrected chi connectivity index (χ0v) is 10.1. The molecule has 1 aliphatic heterocycles. The summed E-state index contributed by atoms with van der Waals surface area (Å²) in [5.41, 5.74) is 5.02. The summed E-state index contributed by atoms with van der Waals surface area (Å²) in [5.74, 6) is 0. The average molecular weight is 226 g/mol. The fraction of sp³-hybridized carbons (Fsp3) is 0.917. The van der Waals surface area contributed by atoms with Crippen LogP contribution in [0.15, 0.2) is 0 Å². The Labute approximate surface area is 97.7 Å². The number of nitrogens with two attached hydrogens (primary N) is 1. The quantitative estimate of drug-likeness (QED) is 0.669. The van der Waals surface area contributed by atoms with Gasteiger partial charge in [-0.25, -0.2) is 0 Å². The summed E-state index contributed by atoms with van der Waals surface area (Å²) in [6, 6.07) is 2.09. The van der Waals surface area contributed by atoms with Crippen molar-refractivity contribution in [3.63, 3.8) is 0 Å². The van der Waals surface area contributed by atoms with Crippen molar-refractivity contribution in [2.45, 2.75) is 50.7 Å². The predicted molar refractivity (Wildman–Crippen MR) is 61.8 cm³/mol. The van der Waals surface area contributed by atoms with Gasteiger partial charge in [-0.2, -0.15) is 5.26 Å². The molecule has 0 spiro atoms. The van der Waals surface area contributed by atoms with E-state index < -0.39 is 5.54 Å². The van der Waals surface area contributed by atoms with E-state index in [1.165, 1.54) is 0 Å². The van der Waals surface area contributed by atoms with Crippen LogP contribution in [0.25, 0.3) is 0 Å². The van der Waals surface area contributed by atoms with Gasteiger partial charge in [0.1, 0.15) is 5.54 Å². The Morgan fingerprint density at radius 1 is 1.56 bits per heavy atom. The molecule has 2 unspecified atom stereocenters. The number of nitriles is 1. The second-order valence-corrected chi connectivity index (χ2v) is 4.70. The monoisotopic (exact) mass is 226 g/mol. The molecule has 0 aliphatic carbocycles. The second-order valence-electron chi connectivity index (χ2n) is 4.70. The standard InChI is InChI=1S/C12H22N2O2/c1-12(14,10-13)6-2-3-7-15-9-11-5-4-8-16-11/h11H,2-9,14H2,1H3. The molecule has 1 fully saturated rings. The van der Waals surface area contributed by atoms with E-state index in [1.54, 1.807) is 6.92 Å². The van der Waals surface area contributed by atoms with Crippen molar-refractivity contribution in [3.05, 3.63) is 0 Å². The van der Waals surface area contributed by atoms with Crippen LogP contribution in [0.1, 0.15) is 39.0 Å². The summed E-state index contributed by atoms with van der Waals surface area (Å²) < 4.78 is 11.0. The fourth-order valence-electron chi connectivity index (χ4n) is 1.74. The highest BCUT2D eigenvalue weighted by molar-refractivity contribution is 5.00. The molecule has 4 nitrogen and oxygen atoms in total. The van der Waals surface area contributed by atoms with Crippen molar-refractivity contribution in [2.75, 3.05) is 19.8 Å². The minimum Gasteiger partial charge on any atom is -0.379 e. The van der Waals surface area contributed by atoms with E-state index in [1.807, 2.05) is 0 Å². The molecule has 4 heteroatoms. The summed E-state index contributed by atoms with van der Waals surface area (Å²) in [6.07, 6.45) is 5.20. The van der Waals surface area contributed by atoms with E-state index in [0.717, 1.165) is 45.3 Å². The maximum Gasteiger partial charge on any atom is 0.101 e. The lowest BCUT2D eigenvalue weighted by molar-refractivity contribution is 0.0159. The van der Waals surface area contributed by atoms with Crippen LogP contribution in [0.5, 0.6) is 0 Å². The minimum atomic E-state index is -0.686. The Morgan fingerprint density at radius 3 is 3.00 bits per heavy atom. The molecule has 1 saturated heterocycles. The van der Waals surface area contributed by atoms with Gasteiger partial charge in [0, 0.05) is 13.2 Å². The molecule has 1 rings (SSSR count). The normalized spacial score (nSPS) is 23.9. The zero-order chi connectivity index (χ0) is 11.9. The number of hydrogen-bond acceptors (Lipinski definition) is 4. The molecule has 0 aromatic heterocycles. The molecule has 0 saturated carbocycles. The summed E-state index contributed by atoms with van der Waals surface area (Å²) in [6.45, 7) is 4.08. The van der Waals surface area contributed by atoms with Crippen LogP contribution in [-0.2, 0) is 9.47 Å². The van der Waals surface area contributed by atoms with Gasteiger partial charge >= 0.3 is 0 Å². The van der Waals surface area contributed by atoms with Gasteiger partial charge in [-0.3, -0.25) is 0 Å². The Morgan fingerprint density at radius 2 is 2.38 bits per heavy atom. The Kier molecular flexibility index (Phi) is 5.75. The van der Waals surface area contributed by atoms with Crippen molar-refractivity contribution in [1.82, 2.24) is 0 Å². The third kappa shape index (κ3) is 5.45. The van der Waals surface area contributed by atoms with E-state index in [4.69, 9.17) is 20.5 Å². The molecule has 1 heterocycles. The fourth-order valence-corrected chi connectivity index (χ4v) is 1.74. The zero-order valence-electron chi connectivity index (χ0n) is 10.1. The van der Waals surface area contributed by atoms with Gasteiger partial charge in [0.25, 0.3) is 0 Å². The SMILES string of the molecule is CC(N)(C#N)CCCCOCC1CCCO1. The van der Waals surface area contributed by atoms with Crippen molar-refractivity contribution in [3.8, 4) is 6.07 Å². The molecule has 2 atom stereocenters. The first-order valence-corrected chi connectivity index (χ1v) is 6.03. The Hall–Kier alpha value is -0.630. The number of nitrogens with zero attached hydrogens (tertiary/aromatic N) is 1. The lowest BCUT2D eigenvalue weighted by Gasteiger charge is -2.15. The van der Waals surface area contributed by atoms with Crippen LogP contribution >= 0.6 is 0 Å². The van der Waals surface area contributed by atoms with Gasteiger partial charge in [-0.15, -0.1) is 0 Å². The summed E-state index contributed by atoms with van der Waals surface area (Å²) in [7, 11) is 0. The van der Waals surface area contributed by atoms with E-state index >= 15 is 0 Å². The van der Waals surface area contributed by atoms with Gasteiger partial charge in [0.15, 0.2) is 0 Å². The molecule has 0 aromatic carbocycles. The number of unbranched alkanes of at least 4 members (excludes halogenated alkanes) is 1. The first kappa shape index (κ1) is 13.4. The van der Waals surface area contributed by atoms with Crippen molar-refractivity contribution >= 4 is 0 Å². The smallest absolute Gasteiger partial charge is 0.101 e. The van der Waals surface area contributed by atoms with Gasteiger partial charge in [0.2, 0.25) is 0 Å². The molecule has 1 aliphatic rings. The molecular formula is C12H22N2O2. The lowest BCUT2D eigenvalue weighted by Crippen LogP contribution is -2.33. The lowest BCUT2D eigenvalue weighted by atomic mass is 9.98. The van der Waals surface area contributed by atoms with Gasteiger partial charge in [0.05, 0.1) is 18.8 Å². The summed E-state index contributed by atoms with van der Waals surface area (Å²) in [5, 5.41) is 8.72. The van der Waals surface area contributed by atoms with Crippen molar-refractivity contribution in [2.24, 2.45) is 5.73 Å². The summed E-state index contributed by atoms with van der Waals surface area (Å²) >= 11 is 0. The highest BCUT2D eigenvalue weighted by atomic mass is 16.5. The highest BCUT2D eigenvalue weighted by Crippen LogP contribution is 2.13. The van der Waals surface area contributed by atoms with Crippen molar-refractivity contribution in [1.29, 1.82) is 5.26 Å². The van der Waals surface area contributed by atoms with E-state index in [2.05, 4.69) is 6.07 Å². The van der Waals surface area contributed by atoms with Crippen LogP contribution in [0.2, 0.25) is 0 Å². The topological polar surface area (TPSA) is 68.3 Å². The predicted octanol–water partition coefficient (Wildman–Crippen LogP) is 1.59. The maximum atomic E-state index is 8.72. The largest absolute Gasteiger partial charge is 0.379 e. The third-order valence-electron chi connectivity index (χ3n) is 2.82. The second kappa shape index (κ2) is 6.85. The first-order chi connectivity index (χ1) is 7.64. The number of hydrogen-bond donors (Lipinski definition) is 1. The molecule has 2 N–H and O–H groups in total. The van der Waals surface area contributed by atoms with Crippen LogP contribution in [-0.4, -0.2) is 31.5 Å². The highest BCUT2D eigenvalue weighted by Gasteiger charge is 2.17. The van der Waals surface area contributed by atoms with Gasteiger partial charge in [-0.05, 0) is 39.0 Å². The van der Waals surface area contributed by atoms with Crippen LogP contribution in [0.3, 0.4) is 0 Å². The first-order valence-electron chi connectivity index (χ1n) is 6.03. The Bertz CT molecular complexity index is 230. The average Bonchev–Trinajstić information content (AvgIpc) is 2.76. The molecule has 0 amide bonds. The van der Waals surface area contributed by atoms with E-state index in [9.17, 15) is 0 Å². The molecule has 16 heavy (non-hydrogen) atoms. The number of ether oxygens (including phenoxy) is 2.